The van der Waals surface area contributed by atoms with E-state index in [2.05, 4.69) is 15.0 Å². The van der Waals surface area contributed by atoms with Gasteiger partial charge >= 0.3 is 0 Å². The fraction of sp³-hybridized carbons (Fsp3) is 0.250. The molecule has 0 aliphatic carbocycles. The third kappa shape index (κ3) is 3.17. The molecule has 0 spiro atoms. The van der Waals surface area contributed by atoms with Crippen molar-refractivity contribution in [3.63, 3.8) is 0 Å². The van der Waals surface area contributed by atoms with Gasteiger partial charge in [0.15, 0.2) is 5.82 Å². The summed E-state index contributed by atoms with van der Waals surface area (Å²) in [7, 11) is 0. The summed E-state index contributed by atoms with van der Waals surface area (Å²) in [5.74, 6) is 0.103. The Morgan fingerprint density at radius 2 is 1.89 bits per heavy atom. The zero-order valence-corrected chi connectivity index (χ0v) is 15.5. The van der Waals surface area contributed by atoms with Gasteiger partial charge in [0.2, 0.25) is 5.95 Å². The van der Waals surface area contributed by atoms with Gasteiger partial charge in [-0.3, -0.25) is 0 Å². The van der Waals surface area contributed by atoms with E-state index in [-0.39, 0.29) is 19.0 Å². The van der Waals surface area contributed by atoms with E-state index in [9.17, 15) is 14.6 Å². The molecule has 28 heavy (non-hydrogen) atoms. The Bertz CT molecular complexity index is 1180. The lowest BCUT2D eigenvalue weighted by molar-refractivity contribution is 0.0607. The van der Waals surface area contributed by atoms with E-state index in [0.717, 1.165) is 16.5 Å². The Labute approximate surface area is 160 Å². The molecule has 0 amide bonds. The molecule has 8 heteroatoms. The number of pyridine rings is 2. The minimum absolute atomic E-state index is 0.237. The van der Waals surface area contributed by atoms with Crippen LogP contribution in [0.25, 0.3) is 33.1 Å². The monoisotopic (exact) mass is 381 g/mol. The van der Waals surface area contributed by atoms with Gasteiger partial charge in [0.25, 0.3) is 0 Å². The largest absolute Gasteiger partial charge is 0.389 e. The van der Waals surface area contributed by atoms with Crippen molar-refractivity contribution in [2.45, 2.75) is 32.6 Å². The number of fused-ring (bicyclic) bond motifs is 3. The fourth-order valence-corrected chi connectivity index (χ4v) is 3.36. The van der Waals surface area contributed by atoms with Crippen molar-refractivity contribution in [1.82, 2.24) is 19.5 Å². The predicted molar refractivity (Wildman–Crippen MR) is 105 cm³/mol. The first kappa shape index (κ1) is 18.3. The number of nitrogen functional groups attached to an aromatic ring is 1. The van der Waals surface area contributed by atoms with E-state index < -0.39 is 11.5 Å². The van der Waals surface area contributed by atoms with E-state index in [1.807, 2.05) is 18.2 Å². The van der Waals surface area contributed by atoms with Crippen LogP contribution >= 0.6 is 0 Å². The standard InChI is InChI=1S/C20H20FN5O2/c1-20(2,28)10-26-16(9-27)25-17-18(26)13-5-3-11(7-14(13)24-19(17)22)12-4-6-15(21)23-8-12/h3-8,27-28H,9-10H2,1-2H3,(H2,22,24). The summed E-state index contributed by atoms with van der Waals surface area (Å²) >= 11 is 0. The molecule has 0 aliphatic rings. The number of halogens is 1. The first-order valence-corrected chi connectivity index (χ1v) is 8.80. The van der Waals surface area contributed by atoms with Crippen LogP contribution in [0.3, 0.4) is 0 Å². The molecule has 3 heterocycles. The second-order valence-corrected chi connectivity index (χ2v) is 7.38. The summed E-state index contributed by atoms with van der Waals surface area (Å²) in [6.07, 6.45) is 1.46. The number of nitrogens with two attached hydrogens (primary N) is 1. The van der Waals surface area contributed by atoms with Crippen LogP contribution in [0.5, 0.6) is 0 Å². The smallest absolute Gasteiger partial charge is 0.212 e. The fourth-order valence-electron chi connectivity index (χ4n) is 3.36. The van der Waals surface area contributed by atoms with E-state index in [1.54, 1.807) is 24.5 Å². The molecule has 7 nitrogen and oxygen atoms in total. The summed E-state index contributed by atoms with van der Waals surface area (Å²) in [5.41, 5.74) is 8.52. The molecule has 3 aromatic heterocycles. The third-order valence-electron chi connectivity index (χ3n) is 4.53. The number of aliphatic hydroxyl groups excluding tert-OH is 1. The summed E-state index contributed by atoms with van der Waals surface area (Å²) in [4.78, 5) is 12.6. The molecule has 4 aromatic rings. The van der Waals surface area contributed by atoms with Gasteiger partial charge in [0.1, 0.15) is 17.9 Å². The van der Waals surface area contributed by atoms with Gasteiger partial charge in [-0.25, -0.2) is 15.0 Å². The molecular weight excluding hydrogens is 361 g/mol. The van der Waals surface area contributed by atoms with Crippen LogP contribution in [-0.4, -0.2) is 35.3 Å². The average molecular weight is 381 g/mol. The number of hydrogen-bond acceptors (Lipinski definition) is 6. The van der Waals surface area contributed by atoms with Crippen molar-refractivity contribution in [3.8, 4) is 11.1 Å². The van der Waals surface area contributed by atoms with Crippen molar-refractivity contribution in [2.24, 2.45) is 0 Å². The predicted octanol–water partition coefficient (Wildman–Crippen LogP) is 2.63. The minimum Gasteiger partial charge on any atom is -0.389 e. The van der Waals surface area contributed by atoms with Gasteiger partial charge in [0.05, 0.1) is 23.2 Å². The zero-order valence-electron chi connectivity index (χ0n) is 15.5. The van der Waals surface area contributed by atoms with Crippen LogP contribution in [0.4, 0.5) is 10.2 Å². The summed E-state index contributed by atoms with van der Waals surface area (Å²) in [6, 6.07) is 8.56. The van der Waals surface area contributed by atoms with Crippen molar-refractivity contribution >= 4 is 27.8 Å². The number of aliphatic hydroxyl groups is 2. The van der Waals surface area contributed by atoms with Crippen LogP contribution in [0.2, 0.25) is 0 Å². The van der Waals surface area contributed by atoms with Crippen LogP contribution in [0.1, 0.15) is 19.7 Å². The van der Waals surface area contributed by atoms with Crippen LogP contribution < -0.4 is 5.73 Å². The molecule has 0 saturated carbocycles. The number of benzene rings is 1. The number of imidazole rings is 1. The molecule has 0 unspecified atom stereocenters. The third-order valence-corrected chi connectivity index (χ3v) is 4.53. The normalized spacial score (nSPS) is 12.2. The number of aromatic nitrogens is 4. The Hall–Kier alpha value is -3.10. The van der Waals surface area contributed by atoms with E-state index >= 15 is 0 Å². The molecule has 1 aromatic carbocycles. The lowest BCUT2D eigenvalue weighted by Gasteiger charge is -2.20. The second-order valence-electron chi connectivity index (χ2n) is 7.38. The van der Waals surface area contributed by atoms with E-state index in [1.165, 1.54) is 12.3 Å². The maximum absolute atomic E-state index is 13.1. The maximum Gasteiger partial charge on any atom is 0.212 e. The van der Waals surface area contributed by atoms with Gasteiger partial charge < -0.3 is 20.5 Å². The summed E-state index contributed by atoms with van der Waals surface area (Å²) in [6.45, 7) is 3.32. The first-order chi connectivity index (χ1) is 13.3. The molecule has 4 N–H and O–H groups in total. The molecule has 4 rings (SSSR count). The van der Waals surface area contributed by atoms with Crippen LogP contribution in [-0.2, 0) is 13.2 Å². The van der Waals surface area contributed by atoms with Gasteiger partial charge in [-0.2, -0.15) is 4.39 Å². The zero-order chi connectivity index (χ0) is 20.1. The number of rotatable bonds is 4. The molecule has 0 fully saturated rings. The van der Waals surface area contributed by atoms with E-state index in [4.69, 9.17) is 5.73 Å². The molecule has 0 atom stereocenters. The quantitative estimate of drug-likeness (QED) is 0.469. The molecule has 0 aliphatic heterocycles. The highest BCUT2D eigenvalue weighted by molar-refractivity contribution is 6.07. The molecule has 144 valence electrons. The van der Waals surface area contributed by atoms with Crippen molar-refractivity contribution in [2.75, 3.05) is 5.73 Å². The highest BCUT2D eigenvalue weighted by Crippen LogP contribution is 2.32. The van der Waals surface area contributed by atoms with Gasteiger partial charge in [-0.1, -0.05) is 12.1 Å². The highest BCUT2D eigenvalue weighted by atomic mass is 19.1. The first-order valence-electron chi connectivity index (χ1n) is 8.80. The Morgan fingerprint density at radius 3 is 2.54 bits per heavy atom. The number of hydrogen-bond donors (Lipinski definition) is 3. The minimum atomic E-state index is -1.01. The number of nitrogens with zero attached hydrogens (tertiary/aromatic N) is 4. The molecule has 0 radical (unpaired) electrons. The average Bonchev–Trinajstić information content (AvgIpc) is 2.99. The SMILES string of the molecule is CC(C)(O)Cn1c(CO)nc2c(N)nc3cc(-c4ccc(F)nc4)ccc3c21. The lowest BCUT2D eigenvalue weighted by Crippen LogP contribution is -2.27. The van der Waals surface area contributed by atoms with Gasteiger partial charge in [-0.05, 0) is 37.6 Å². The van der Waals surface area contributed by atoms with Crippen molar-refractivity contribution in [1.29, 1.82) is 0 Å². The Balaban J connectivity index is 1.98. The van der Waals surface area contributed by atoms with Crippen LogP contribution in [0, 0.1) is 5.95 Å². The second kappa shape index (κ2) is 6.50. The molecule has 0 saturated heterocycles. The van der Waals surface area contributed by atoms with Crippen LogP contribution in [0.15, 0.2) is 36.5 Å². The summed E-state index contributed by atoms with van der Waals surface area (Å²) < 4.78 is 14.9. The lowest BCUT2D eigenvalue weighted by atomic mass is 10.0. The highest BCUT2D eigenvalue weighted by Gasteiger charge is 2.22. The topological polar surface area (TPSA) is 110 Å². The van der Waals surface area contributed by atoms with Crippen molar-refractivity contribution in [3.05, 3.63) is 48.3 Å². The van der Waals surface area contributed by atoms with Crippen molar-refractivity contribution < 1.29 is 14.6 Å². The van der Waals surface area contributed by atoms with Gasteiger partial charge in [0, 0.05) is 17.1 Å². The Kier molecular flexibility index (Phi) is 4.24. The number of anilines is 1. The molecular formula is C20H20FN5O2. The van der Waals surface area contributed by atoms with E-state index in [0.29, 0.717) is 22.4 Å². The van der Waals surface area contributed by atoms with Gasteiger partial charge in [-0.15, -0.1) is 0 Å². The summed E-state index contributed by atoms with van der Waals surface area (Å²) in [5, 5.41) is 20.8. The Morgan fingerprint density at radius 1 is 1.14 bits per heavy atom. The molecule has 0 bridgehead atoms. The maximum atomic E-state index is 13.1.